The van der Waals surface area contributed by atoms with E-state index in [1.165, 1.54) is 37.8 Å². The summed E-state index contributed by atoms with van der Waals surface area (Å²) in [5, 5.41) is 0. The monoisotopic (exact) mass is 440 g/mol. The van der Waals surface area contributed by atoms with Gasteiger partial charge in [-0.05, 0) is 0 Å². The Kier molecular flexibility index (Phi) is 3.74. The third kappa shape index (κ3) is 2.28. The summed E-state index contributed by atoms with van der Waals surface area (Å²) < 4.78 is 6.68. The third-order valence-electron chi connectivity index (χ3n) is 6.28. The zero-order valence-electron chi connectivity index (χ0n) is 16.1. The molecule has 0 unspecified atom stereocenters. The summed E-state index contributed by atoms with van der Waals surface area (Å²) in [7, 11) is 1.73. The van der Waals surface area contributed by atoms with Gasteiger partial charge < -0.3 is 0 Å². The fraction of sp³-hybridized carbons (Fsp3) is 0.111. The van der Waals surface area contributed by atoms with Crippen LogP contribution in [0.2, 0.25) is 0 Å². The van der Waals surface area contributed by atoms with E-state index < -0.39 is 0 Å². The fourth-order valence-corrected chi connectivity index (χ4v) is 8.31. The van der Waals surface area contributed by atoms with E-state index >= 15 is 0 Å². The van der Waals surface area contributed by atoms with E-state index in [4.69, 9.17) is 4.74 Å². The van der Waals surface area contributed by atoms with E-state index in [2.05, 4.69) is 97.1 Å². The Morgan fingerprint density at radius 3 is 1.52 bits per heavy atom. The zero-order valence-corrected chi connectivity index (χ0v) is 17.8. The van der Waals surface area contributed by atoms with E-state index in [1.54, 1.807) is 7.11 Å². The van der Waals surface area contributed by atoms with Crippen molar-refractivity contribution in [2.24, 2.45) is 0 Å². The van der Waals surface area contributed by atoms with Gasteiger partial charge in [-0.25, -0.2) is 0 Å². The van der Waals surface area contributed by atoms with Gasteiger partial charge in [-0.2, -0.15) is 0 Å². The quantitative estimate of drug-likeness (QED) is 0.416. The van der Waals surface area contributed by atoms with Crippen molar-refractivity contribution in [1.82, 2.24) is 0 Å². The molecule has 7 rings (SSSR count). The molecule has 29 heavy (non-hydrogen) atoms. The molecule has 4 aromatic carbocycles. The van der Waals surface area contributed by atoms with Crippen LogP contribution in [0.4, 0.5) is 0 Å². The molecule has 0 saturated heterocycles. The normalized spacial score (nSPS) is 20.5. The van der Waals surface area contributed by atoms with Gasteiger partial charge in [0.25, 0.3) is 0 Å². The molecule has 0 amide bonds. The molecule has 3 aliphatic carbocycles. The molecule has 2 bridgehead atoms. The van der Waals surface area contributed by atoms with Gasteiger partial charge in [-0.1, -0.05) is 0 Å². The van der Waals surface area contributed by atoms with Crippen LogP contribution in [-0.4, -0.2) is 22.1 Å². The molecular weight excluding hydrogens is 419 g/mol. The van der Waals surface area contributed by atoms with Crippen LogP contribution in [0, 0.1) is 0 Å². The van der Waals surface area contributed by atoms with E-state index in [1.807, 2.05) is 0 Å². The SMILES string of the molecule is COc1ccc([Se]C23c4ccccc4C(c4ccccc42)c2ccccc23)cc1. The molecule has 0 N–H and O–H groups in total. The van der Waals surface area contributed by atoms with E-state index in [-0.39, 0.29) is 19.3 Å². The van der Waals surface area contributed by atoms with Crippen LogP contribution >= 0.6 is 0 Å². The average Bonchev–Trinajstić information content (AvgIpc) is 2.80. The Morgan fingerprint density at radius 2 is 1.07 bits per heavy atom. The minimum atomic E-state index is -0.0971. The average molecular weight is 439 g/mol. The Hall–Kier alpha value is -2.80. The first-order valence-corrected chi connectivity index (χ1v) is 11.7. The Balaban J connectivity index is 1.67. The molecule has 3 aliphatic rings. The van der Waals surface area contributed by atoms with Crippen molar-refractivity contribution in [3.8, 4) is 5.75 Å². The molecule has 0 spiro atoms. The van der Waals surface area contributed by atoms with Crippen molar-refractivity contribution in [3.05, 3.63) is 130 Å². The van der Waals surface area contributed by atoms with Gasteiger partial charge in [-0.15, -0.1) is 0 Å². The number of hydrogen-bond acceptors (Lipinski definition) is 1. The standard InChI is InChI=1S/C27H20OSe/c1-28-18-14-16-19(17-15-18)29-27-23-11-5-2-8-20(23)26(21-9-3-6-12-24(21)27)22-10-4-7-13-25(22)27/h2-17,26H,1H3. The molecule has 0 aliphatic heterocycles. The second-order valence-electron chi connectivity index (χ2n) is 7.65. The van der Waals surface area contributed by atoms with Crippen LogP contribution in [0.25, 0.3) is 0 Å². The maximum atomic E-state index is 5.39. The summed E-state index contributed by atoms with van der Waals surface area (Å²) in [6, 6.07) is 35.9. The van der Waals surface area contributed by atoms with Crippen molar-refractivity contribution in [2.45, 2.75) is 10.2 Å². The Morgan fingerprint density at radius 1 is 0.621 bits per heavy atom. The fourth-order valence-electron chi connectivity index (χ4n) is 5.13. The van der Waals surface area contributed by atoms with Crippen LogP contribution in [-0.2, 0) is 4.31 Å². The maximum absolute atomic E-state index is 5.39. The predicted octanol–water partition coefficient (Wildman–Crippen LogP) is 4.82. The van der Waals surface area contributed by atoms with Crippen LogP contribution in [0.3, 0.4) is 0 Å². The predicted molar refractivity (Wildman–Crippen MR) is 119 cm³/mol. The summed E-state index contributed by atoms with van der Waals surface area (Å²) in [6.45, 7) is 0. The molecule has 0 fully saturated rings. The van der Waals surface area contributed by atoms with Crippen molar-refractivity contribution in [3.63, 3.8) is 0 Å². The van der Waals surface area contributed by atoms with Crippen molar-refractivity contribution in [1.29, 1.82) is 0 Å². The molecule has 0 radical (unpaired) electrons. The Labute approximate surface area is 177 Å². The first-order valence-electron chi connectivity index (χ1n) is 9.94. The number of ether oxygens (including phenoxy) is 1. The van der Waals surface area contributed by atoms with E-state index in [0.717, 1.165) is 5.75 Å². The van der Waals surface area contributed by atoms with Gasteiger partial charge in [0.1, 0.15) is 0 Å². The van der Waals surface area contributed by atoms with Crippen LogP contribution < -0.4 is 9.20 Å². The molecule has 1 nitrogen and oxygen atoms in total. The molecule has 0 saturated carbocycles. The first kappa shape index (κ1) is 17.1. The van der Waals surface area contributed by atoms with Gasteiger partial charge in [0.05, 0.1) is 0 Å². The zero-order chi connectivity index (χ0) is 19.4. The number of benzene rings is 4. The number of methoxy groups -OCH3 is 1. The molecule has 0 heterocycles. The molecular formula is C27H20OSe. The van der Waals surface area contributed by atoms with E-state index in [9.17, 15) is 0 Å². The van der Waals surface area contributed by atoms with Crippen LogP contribution in [0.15, 0.2) is 97.1 Å². The summed E-state index contributed by atoms with van der Waals surface area (Å²) in [5.41, 5.74) is 8.87. The molecule has 4 aromatic rings. The molecule has 0 aromatic heterocycles. The topological polar surface area (TPSA) is 9.23 Å². The summed E-state index contributed by atoms with van der Waals surface area (Å²) in [4.78, 5) is 0. The number of rotatable bonds is 3. The van der Waals surface area contributed by atoms with Gasteiger partial charge in [0.15, 0.2) is 0 Å². The van der Waals surface area contributed by atoms with Crippen LogP contribution in [0.1, 0.15) is 39.3 Å². The molecule has 0 atom stereocenters. The van der Waals surface area contributed by atoms with Gasteiger partial charge >= 0.3 is 178 Å². The Bertz CT molecular complexity index is 1110. The van der Waals surface area contributed by atoms with Crippen molar-refractivity contribution in [2.75, 3.05) is 7.11 Å². The summed E-state index contributed by atoms with van der Waals surface area (Å²) in [5.74, 6) is 1.25. The van der Waals surface area contributed by atoms with Crippen molar-refractivity contribution < 1.29 is 4.74 Å². The molecule has 2 heteroatoms. The number of hydrogen-bond donors (Lipinski definition) is 0. The third-order valence-corrected chi connectivity index (χ3v) is 9.38. The van der Waals surface area contributed by atoms with Gasteiger partial charge in [-0.3, -0.25) is 0 Å². The van der Waals surface area contributed by atoms with Gasteiger partial charge in [0, 0.05) is 0 Å². The first-order chi connectivity index (χ1) is 14.3. The van der Waals surface area contributed by atoms with E-state index in [0.29, 0.717) is 5.92 Å². The van der Waals surface area contributed by atoms with Crippen LogP contribution in [0.5, 0.6) is 5.75 Å². The second-order valence-corrected chi connectivity index (χ2v) is 10.4. The summed E-state index contributed by atoms with van der Waals surface area (Å²) in [6.07, 6.45) is 0. The van der Waals surface area contributed by atoms with Gasteiger partial charge in [0.2, 0.25) is 0 Å². The second kappa shape index (κ2) is 6.35. The summed E-state index contributed by atoms with van der Waals surface area (Å²) >= 11 is 0.187. The molecule has 140 valence electrons. The minimum absolute atomic E-state index is 0.0971. The van der Waals surface area contributed by atoms with Crippen molar-refractivity contribution >= 4 is 19.4 Å².